The lowest BCUT2D eigenvalue weighted by Gasteiger charge is -2.02. The van der Waals surface area contributed by atoms with Crippen LogP contribution < -0.4 is 0 Å². The van der Waals surface area contributed by atoms with E-state index in [2.05, 4.69) is 15.1 Å². The number of aryl methyl sites for hydroxylation is 1. The summed E-state index contributed by atoms with van der Waals surface area (Å²) in [5.74, 6) is 1.18. The third-order valence-electron chi connectivity index (χ3n) is 2.44. The highest BCUT2D eigenvalue weighted by Gasteiger charge is 2.08. The molecule has 0 atom stereocenters. The van der Waals surface area contributed by atoms with Gasteiger partial charge in [-0.1, -0.05) is 41.9 Å². The summed E-state index contributed by atoms with van der Waals surface area (Å²) < 4.78 is 1.53. The van der Waals surface area contributed by atoms with Crippen molar-refractivity contribution >= 4 is 17.4 Å². The van der Waals surface area contributed by atoms with Gasteiger partial charge in [-0.15, -0.1) is 5.10 Å². The number of nitrogens with zero attached hydrogens (tertiary/aromatic N) is 4. The molecule has 3 rings (SSSR count). The Kier molecular flexibility index (Phi) is 2.30. The lowest BCUT2D eigenvalue weighted by atomic mass is 10.1. The van der Waals surface area contributed by atoms with Crippen molar-refractivity contribution in [1.82, 2.24) is 19.6 Å². The van der Waals surface area contributed by atoms with Crippen LogP contribution in [-0.2, 0) is 0 Å². The first kappa shape index (κ1) is 10.2. The Labute approximate surface area is 103 Å². The maximum absolute atomic E-state index is 6.15. The summed E-state index contributed by atoms with van der Waals surface area (Å²) in [7, 11) is 0. The second kappa shape index (κ2) is 3.82. The van der Waals surface area contributed by atoms with Gasteiger partial charge in [-0.2, -0.15) is 9.50 Å². The van der Waals surface area contributed by atoms with Crippen molar-refractivity contribution in [2.24, 2.45) is 0 Å². The molecule has 0 radical (unpaired) electrons. The fourth-order valence-electron chi connectivity index (χ4n) is 1.69. The summed E-state index contributed by atoms with van der Waals surface area (Å²) in [6.07, 6.45) is 0. The zero-order valence-corrected chi connectivity index (χ0v) is 9.89. The van der Waals surface area contributed by atoms with E-state index in [1.807, 2.05) is 37.3 Å². The highest BCUT2D eigenvalue weighted by Crippen LogP contribution is 2.21. The summed E-state index contributed by atoms with van der Waals surface area (Å²) in [6.45, 7) is 1.81. The van der Waals surface area contributed by atoms with Crippen molar-refractivity contribution in [2.45, 2.75) is 6.92 Å². The number of hydrogen-bond acceptors (Lipinski definition) is 3. The first-order valence-corrected chi connectivity index (χ1v) is 5.57. The van der Waals surface area contributed by atoms with Gasteiger partial charge < -0.3 is 0 Å². The predicted octanol–water partition coefficient (Wildman–Crippen LogP) is 2.75. The van der Waals surface area contributed by atoms with E-state index in [0.29, 0.717) is 16.8 Å². The van der Waals surface area contributed by atoms with Crippen LogP contribution in [0, 0.1) is 6.92 Å². The number of fused-ring (bicyclic) bond motifs is 1. The molecule has 2 heterocycles. The first-order valence-electron chi connectivity index (χ1n) is 5.19. The lowest BCUT2D eigenvalue weighted by molar-refractivity contribution is 0.918. The average molecular weight is 245 g/mol. The molecular formula is C12H9ClN4. The fraction of sp³-hybridized carbons (Fsp3) is 0.0833. The minimum atomic E-state index is 0.509. The normalized spacial score (nSPS) is 10.9. The van der Waals surface area contributed by atoms with Crippen LogP contribution in [0.3, 0.4) is 0 Å². The molecule has 3 aromatic rings. The Morgan fingerprint density at radius 1 is 1.12 bits per heavy atom. The molecule has 0 aliphatic carbocycles. The molecule has 0 unspecified atom stereocenters. The van der Waals surface area contributed by atoms with Crippen molar-refractivity contribution in [3.05, 3.63) is 47.4 Å². The Hall–Kier alpha value is -1.94. The molecular weight excluding hydrogens is 236 g/mol. The molecule has 0 amide bonds. The molecule has 2 aromatic heterocycles. The maximum atomic E-state index is 6.15. The van der Waals surface area contributed by atoms with E-state index in [4.69, 9.17) is 11.6 Å². The van der Waals surface area contributed by atoms with Gasteiger partial charge in [0, 0.05) is 11.6 Å². The Balaban J connectivity index is 2.25. The SMILES string of the molecule is Cc1nc2nc(-c3ccccc3)cc(Cl)n2n1. The highest BCUT2D eigenvalue weighted by atomic mass is 35.5. The van der Waals surface area contributed by atoms with Crippen LogP contribution in [-0.4, -0.2) is 19.6 Å². The molecule has 0 aliphatic heterocycles. The molecule has 0 spiro atoms. The fourth-order valence-corrected chi connectivity index (χ4v) is 1.91. The second-order valence-electron chi connectivity index (χ2n) is 3.70. The zero-order valence-electron chi connectivity index (χ0n) is 9.13. The average Bonchev–Trinajstić information content (AvgIpc) is 2.71. The van der Waals surface area contributed by atoms with Crippen molar-refractivity contribution in [1.29, 1.82) is 0 Å². The van der Waals surface area contributed by atoms with Crippen LogP contribution in [0.4, 0.5) is 0 Å². The summed E-state index contributed by atoms with van der Waals surface area (Å²) in [6, 6.07) is 11.6. The molecule has 4 nitrogen and oxygen atoms in total. The standard InChI is InChI=1S/C12H9ClN4/c1-8-14-12-15-10(7-11(13)17(12)16-8)9-5-3-2-4-6-9/h2-7H,1H3. The third-order valence-corrected chi connectivity index (χ3v) is 2.71. The van der Waals surface area contributed by atoms with E-state index in [-0.39, 0.29) is 0 Å². The van der Waals surface area contributed by atoms with Gasteiger partial charge in [-0.25, -0.2) is 4.98 Å². The monoisotopic (exact) mass is 244 g/mol. The zero-order chi connectivity index (χ0) is 11.8. The Morgan fingerprint density at radius 2 is 1.88 bits per heavy atom. The third kappa shape index (κ3) is 1.76. The van der Waals surface area contributed by atoms with Crippen molar-refractivity contribution < 1.29 is 0 Å². The van der Waals surface area contributed by atoms with Crippen LogP contribution in [0.1, 0.15) is 5.82 Å². The Morgan fingerprint density at radius 3 is 2.65 bits per heavy atom. The maximum Gasteiger partial charge on any atom is 0.254 e. The molecule has 17 heavy (non-hydrogen) atoms. The van der Waals surface area contributed by atoms with Crippen LogP contribution in [0.25, 0.3) is 17.0 Å². The molecule has 84 valence electrons. The van der Waals surface area contributed by atoms with Crippen LogP contribution in [0.5, 0.6) is 0 Å². The van der Waals surface area contributed by atoms with Gasteiger partial charge in [-0.05, 0) is 6.92 Å². The van der Waals surface area contributed by atoms with E-state index in [9.17, 15) is 0 Å². The van der Waals surface area contributed by atoms with E-state index < -0.39 is 0 Å². The molecule has 0 bridgehead atoms. The van der Waals surface area contributed by atoms with E-state index in [1.165, 1.54) is 4.52 Å². The highest BCUT2D eigenvalue weighted by molar-refractivity contribution is 6.29. The van der Waals surface area contributed by atoms with Crippen LogP contribution in [0.15, 0.2) is 36.4 Å². The van der Waals surface area contributed by atoms with Crippen molar-refractivity contribution in [3.63, 3.8) is 0 Å². The molecule has 0 saturated carbocycles. The minimum absolute atomic E-state index is 0.509. The molecule has 0 aliphatic rings. The topological polar surface area (TPSA) is 43.1 Å². The van der Waals surface area contributed by atoms with Crippen LogP contribution >= 0.6 is 11.6 Å². The summed E-state index contributed by atoms with van der Waals surface area (Å²) in [5, 5.41) is 4.67. The molecule has 0 saturated heterocycles. The number of aromatic nitrogens is 4. The largest absolute Gasteiger partial charge is 0.254 e. The van der Waals surface area contributed by atoms with E-state index in [1.54, 1.807) is 6.07 Å². The smallest absolute Gasteiger partial charge is 0.211 e. The molecule has 0 N–H and O–H groups in total. The second-order valence-corrected chi connectivity index (χ2v) is 4.09. The minimum Gasteiger partial charge on any atom is -0.211 e. The van der Waals surface area contributed by atoms with Crippen LogP contribution in [0.2, 0.25) is 5.15 Å². The Bertz CT molecular complexity index is 676. The molecule has 1 aromatic carbocycles. The first-order chi connectivity index (χ1) is 8.24. The van der Waals surface area contributed by atoms with Crippen molar-refractivity contribution in [2.75, 3.05) is 0 Å². The predicted molar refractivity (Wildman–Crippen MR) is 66.0 cm³/mol. The number of rotatable bonds is 1. The van der Waals surface area contributed by atoms with E-state index in [0.717, 1.165) is 11.3 Å². The molecule has 5 heteroatoms. The van der Waals surface area contributed by atoms with E-state index >= 15 is 0 Å². The van der Waals surface area contributed by atoms with Gasteiger partial charge in [0.15, 0.2) is 0 Å². The van der Waals surface area contributed by atoms with Gasteiger partial charge in [0.05, 0.1) is 5.69 Å². The van der Waals surface area contributed by atoms with Crippen molar-refractivity contribution in [3.8, 4) is 11.3 Å². The quantitative estimate of drug-likeness (QED) is 0.618. The summed E-state index contributed by atoms with van der Waals surface area (Å²) in [5.41, 5.74) is 1.81. The lowest BCUT2D eigenvalue weighted by Crippen LogP contribution is -1.94. The number of halogens is 1. The summed E-state index contributed by atoms with van der Waals surface area (Å²) >= 11 is 6.15. The van der Waals surface area contributed by atoms with Gasteiger partial charge >= 0.3 is 0 Å². The summed E-state index contributed by atoms with van der Waals surface area (Å²) in [4.78, 5) is 8.65. The molecule has 0 fully saturated rings. The number of benzene rings is 1. The van der Waals surface area contributed by atoms with Gasteiger partial charge in [0.25, 0.3) is 5.78 Å². The van der Waals surface area contributed by atoms with Gasteiger partial charge in [0.1, 0.15) is 11.0 Å². The number of hydrogen-bond donors (Lipinski definition) is 0. The van der Waals surface area contributed by atoms with Gasteiger partial charge in [-0.3, -0.25) is 0 Å². The van der Waals surface area contributed by atoms with Gasteiger partial charge in [0.2, 0.25) is 0 Å².